The van der Waals surface area contributed by atoms with Crippen LogP contribution >= 0.6 is 0 Å². The van der Waals surface area contributed by atoms with E-state index in [1.165, 1.54) is 10.9 Å². The number of hydrogen-bond acceptors (Lipinski definition) is 1. The second-order valence-electron chi connectivity index (χ2n) is 3.37. The molecule has 68 valence electrons. The molecular formula is C11H13NO. The average Bonchev–Trinajstić information content (AvgIpc) is 2.45. The van der Waals surface area contributed by atoms with Crippen molar-refractivity contribution in [3.8, 4) is 0 Å². The largest absolute Gasteiger partial charge is 0.374 e. The maximum absolute atomic E-state index is 9.50. The topological polar surface area (TPSA) is 25.2 Å². The predicted octanol–water partition coefficient (Wildman–Crippen LogP) is 2.46. The number of para-hydroxylation sites is 1. The van der Waals surface area contributed by atoms with E-state index in [4.69, 9.17) is 0 Å². The van der Waals surface area contributed by atoms with E-state index >= 15 is 0 Å². The molecule has 2 nitrogen and oxygen atoms in total. The molecule has 0 fully saturated rings. The smallest absolute Gasteiger partial charge is 0.127 e. The molecule has 0 aliphatic carbocycles. The SMILES string of the molecule is Cc1cn([C@@H](C)O)c2ccccc12. The van der Waals surface area contributed by atoms with Crippen LogP contribution in [0.25, 0.3) is 10.9 Å². The van der Waals surface area contributed by atoms with Crippen LogP contribution in [0.3, 0.4) is 0 Å². The number of aliphatic hydroxyl groups excluding tert-OH is 1. The van der Waals surface area contributed by atoms with Gasteiger partial charge in [-0.05, 0) is 25.5 Å². The molecule has 0 radical (unpaired) electrons. The third-order valence-electron chi connectivity index (χ3n) is 2.34. The zero-order valence-electron chi connectivity index (χ0n) is 7.86. The predicted molar refractivity (Wildman–Crippen MR) is 53.6 cm³/mol. The maximum atomic E-state index is 9.50. The molecular weight excluding hydrogens is 162 g/mol. The molecule has 0 saturated carbocycles. The molecule has 0 bridgehead atoms. The van der Waals surface area contributed by atoms with E-state index in [0.29, 0.717) is 0 Å². The summed E-state index contributed by atoms with van der Waals surface area (Å²) in [5, 5.41) is 10.7. The molecule has 0 amide bonds. The van der Waals surface area contributed by atoms with Gasteiger partial charge in [0, 0.05) is 11.6 Å². The van der Waals surface area contributed by atoms with Crippen molar-refractivity contribution in [3.63, 3.8) is 0 Å². The Balaban J connectivity index is 2.78. The summed E-state index contributed by atoms with van der Waals surface area (Å²) in [5.41, 5.74) is 2.30. The van der Waals surface area contributed by atoms with Crippen molar-refractivity contribution < 1.29 is 5.11 Å². The first-order chi connectivity index (χ1) is 6.20. The molecule has 1 atom stereocenters. The van der Waals surface area contributed by atoms with Gasteiger partial charge in [-0.25, -0.2) is 0 Å². The van der Waals surface area contributed by atoms with Gasteiger partial charge in [0.05, 0.1) is 5.52 Å². The Kier molecular flexibility index (Phi) is 1.85. The van der Waals surface area contributed by atoms with Gasteiger partial charge in [0.15, 0.2) is 0 Å². The van der Waals surface area contributed by atoms with E-state index in [1.807, 2.05) is 29.0 Å². The highest BCUT2D eigenvalue weighted by molar-refractivity contribution is 5.83. The fourth-order valence-corrected chi connectivity index (χ4v) is 1.69. The summed E-state index contributed by atoms with van der Waals surface area (Å²) < 4.78 is 1.88. The Bertz CT molecular complexity index is 429. The van der Waals surface area contributed by atoms with Crippen molar-refractivity contribution >= 4 is 10.9 Å². The van der Waals surface area contributed by atoms with Gasteiger partial charge in [-0.15, -0.1) is 0 Å². The lowest BCUT2D eigenvalue weighted by Crippen LogP contribution is -2.00. The third kappa shape index (κ3) is 1.23. The van der Waals surface area contributed by atoms with Crippen molar-refractivity contribution in [2.45, 2.75) is 20.1 Å². The summed E-state index contributed by atoms with van der Waals surface area (Å²) >= 11 is 0. The highest BCUT2D eigenvalue weighted by atomic mass is 16.3. The van der Waals surface area contributed by atoms with Crippen LogP contribution in [0.4, 0.5) is 0 Å². The minimum atomic E-state index is -0.460. The van der Waals surface area contributed by atoms with Crippen LogP contribution in [-0.4, -0.2) is 9.67 Å². The number of nitrogens with zero attached hydrogens (tertiary/aromatic N) is 1. The van der Waals surface area contributed by atoms with Crippen LogP contribution < -0.4 is 0 Å². The van der Waals surface area contributed by atoms with Crippen molar-refractivity contribution in [3.05, 3.63) is 36.0 Å². The molecule has 0 saturated heterocycles. The molecule has 2 rings (SSSR count). The van der Waals surface area contributed by atoms with Gasteiger partial charge in [-0.2, -0.15) is 0 Å². The number of benzene rings is 1. The van der Waals surface area contributed by atoms with Gasteiger partial charge in [0.1, 0.15) is 6.23 Å². The lowest BCUT2D eigenvalue weighted by Gasteiger charge is -2.07. The number of fused-ring (bicyclic) bond motifs is 1. The van der Waals surface area contributed by atoms with E-state index in [1.54, 1.807) is 6.92 Å². The molecule has 1 aromatic heterocycles. The number of aryl methyl sites for hydroxylation is 1. The summed E-state index contributed by atoms with van der Waals surface area (Å²) in [6.45, 7) is 3.83. The molecule has 1 heterocycles. The minimum Gasteiger partial charge on any atom is -0.374 e. The van der Waals surface area contributed by atoms with Crippen LogP contribution in [0.15, 0.2) is 30.5 Å². The molecule has 0 aliphatic heterocycles. The molecule has 0 unspecified atom stereocenters. The van der Waals surface area contributed by atoms with Gasteiger partial charge in [0.25, 0.3) is 0 Å². The van der Waals surface area contributed by atoms with E-state index < -0.39 is 6.23 Å². The van der Waals surface area contributed by atoms with E-state index in [0.717, 1.165) is 5.52 Å². The van der Waals surface area contributed by atoms with Crippen molar-refractivity contribution in [1.29, 1.82) is 0 Å². The van der Waals surface area contributed by atoms with Gasteiger partial charge in [-0.3, -0.25) is 0 Å². The summed E-state index contributed by atoms with van der Waals surface area (Å²) in [6, 6.07) is 8.10. The summed E-state index contributed by atoms with van der Waals surface area (Å²) in [5.74, 6) is 0. The molecule has 1 N–H and O–H groups in total. The van der Waals surface area contributed by atoms with Crippen LogP contribution in [0.1, 0.15) is 18.7 Å². The lowest BCUT2D eigenvalue weighted by atomic mass is 10.2. The number of rotatable bonds is 1. The van der Waals surface area contributed by atoms with Crippen LogP contribution in [0, 0.1) is 6.92 Å². The molecule has 2 aromatic rings. The second-order valence-corrected chi connectivity index (χ2v) is 3.37. The average molecular weight is 175 g/mol. The fourth-order valence-electron chi connectivity index (χ4n) is 1.69. The van der Waals surface area contributed by atoms with E-state index in [-0.39, 0.29) is 0 Å². The maximum Gasteiger partial charge on any atom is 0.127 e. The Morgan fingerprint density at radius 1 is 1.31 bits per heavy atom. The normalized spacial score (nSPS) is 13.5. The molecule has 1 aromatic carbocycles. The van der Waals surface area contributed by atoms with E-state index in [2.05, 4.69) is 13.0 Å². The summed E-state index contributed by atoms with van der Waals surface area (Å²) in [7, 11) is 0. The zero-order valence-corrected chi connectivity index (χ0v) is 7.86. The number of hydrogen-bond donors (Lipinski definition) is 1. The molecule has 0 aliphatic rings. The first-order valence-corrected chi connectivity index (χ1v) is 4.44. The summed E-state index contributed by atoms with van der Waals surface area (Å²) in [6.07, 6.45) is 1.52. The quantitative estimate of drug-likeness (QED) is 0.707. The van der Waals surface area contributed by atoms with Gasteiger partial charge < -0.3 is 9.67 Å². The number of aromatic nitrogens is 1. The van der Waals surface area contributed by atoms with Crippen molar-refractivity contribution in [2.75, 3.05) is 0 Å². The standard InChI is InChI=1S/C11H13NO/c1-8-7-12(9(2)13)11-6-4-3-5-10(8)11/h3-7,9,13H,1-2H3/t9-/m1/s1. The Hall–Kier alpha value is -1.28. The monoisotopic (exact) mass is 175 g/mol. The second kappa shape index (κ2) is 2.89. The van der Waals surface area contributed by atoms with E-state index in [9.17, 15) is 5.11 Å². The Morgan fingerprint density at radius 2 is 2.00 bits per heavy atom. The van der Waals surface area contributed by atoms with Gasteiger partial charge in [-0.1, -0.05) is 18.2 Å². The van der Waals surface area contributed by atoms with Crippen LogP contribution in [-0.2, 0) is 0 Å². The lowest BCUT2D eigenvalue weighted by molar-refractivity contribution is 0.129. The minimum absolute atomic E-state index is 0.460. The fraction of sp³-hybridized carbons (Fsp3) is 0.273. The highest BCUT2D eigenvalue weighted by Crippen LogP contribution is 2.22. The first-order valence-electron chi connectivity index (χ1n) is 4.44. The third-order valence-corrected chi connectivity index (χ3v) is 2.34. The number of aliphatic hydroxyl groups is 1. The first kappa shape index (κ1) is 8.32. The Labute approximate surface area is 77.4 Å². The Morgan fingerprint density at radius 3 is 2.69 bits per heavy atom. The van der Waals surface area contributed by atoms with Crippen LogP contribution in [0.2, 0.25) is 0 Å². The van der Waals surface area contributed by atoms with Crippen molar-refractivity contribution in [2.24, 2.45) is 0 Å². The van der Waals surface area contributed by atoms with Crippen LogP contribution in [0.5, 0.6) is 0 Å². The molecule has 13 heavy (non-hydrogen) atoms. The highest BCUT2D eigenvalue weighted by Gasteiger charge is 2.06. The van der Waals surface area contributed by atoms with Gasteiger partial charge >= 0.3 is 0 Å². The zero-order chi connectivity index (χ0) is 9.42. The van der Waals surface area contributed by atoms with Crippen molar-refractivity contribution in [1.82, 2.24) is 4.57 Å². The molecule has 2 heteroatoms. The molecule has 0 spiro atoms. The summed E-state index contributed by atoms with van der Waals surface area (Å²) in [4.78, 5) is 0. The van der Waals surface area contributed by atoms with Gasteiger partial charge in [0.2, 0.25) is 0 Å².